The Labute approximate surface area is 291 Å². The van der Waals surface area contributed by atoms with Gasteiger partial charge in [-0.25, -0.2) is 4.79 Å². The fourth-order valence-electron chi connectivity index (χ4n) is 8.07. The second-order valence-electron chi connectivity index (χ2n) is 13.8. The van der Waals surface area contributed by atoms with Crippen LogP contribution >= 0.6 is 11.6 Å². The molecule has 13 heteroatoms. The summed E-state index contributed by atoms with van der Waals surface area (Å²) in [5.41, 5.74) is 1.00. The van der Waals surface area contributed by atoms with E-state index in [-0.39, 0.29) is 53.0 Å². The van der Waals surface area contributed by atoms with Crippen molar-refractivity contribution in [3.05, 3.63) is 58.1 Å². The first-order valence-electron chi connectivity index (χ1n) is 17.5. The molecule has 9 nitrogen and oxygen atoms in total. The van der Waals surface area contributed by atoms with Gasteiger partial charge < -0.3 is 30.2 Å². The molecule has 266 valence electrons. The Morgan fingerprint density at radius 1 is 0.939 bits per heavy atom. The number of nitrogens with one attached hydrogen (secondary N) is 2. The van der Waals surface area contributed by atoms with Crippen LogP contribution < -0.4 is 10.6 Å². The topological polar surface area (TPSA) is 88.2 Å². The van der Waals surface area contributed by atoms with Gasteiger partial charge in [0.15, 0.2) is 0 Å². The van der Waals surface area contributed by atoms with Crippen LogP contribution in [0.5, 0.6) is 0 Å². The molecule has 4 aliphatic heterocycles. The van der Waals surface area contributed by atoms with Gasteiger partial charge in [-0.15, -0.1) is 0 Å². The Kier molecular flexibility index (Phi) is 10.9. The van der Waals surface area contributed by atoms with E-state index in [1.807, 2.05) is 29.2 Å². The van der Waals surface area contributed by atoms with Gasteiger partial charge in [-0.1, -0.05) is 36.2 Å². The van der Waals surface area contributed by atoms with Crippen molar-refractivity contribution in [2.24, 2.45) is 5.92 Å². The summed E-state index contributed by atoms with van der Waals surface area (Å²) in [6.07, 6.45) is 1.71. The number of hydrogen-bond donors (Lipinski definition) is 2. The first kappa shape index (κ1) is 35.3. The Morgan fingerprint density at radius 3 is 2.27 bits per heavy atom. The third-order valence-electron chi connectivity index (χ3n) is 10.8. The molecule has 3 saturated heterocycles. The lowest BCUT2D eigenvalue weighted by Crippen LogP contribution is -2.52. The maximum absolute atomic E-state index is 14.1. The summed E-state index contributed by atoms with van der Waals surface area (Å²) in [6, 6.07) is 10.4. The molecular formula is C36H46ClF3N6O3. The zero-order valence-corrected chi connectivity index (χ0v) is 28.8. The van der Waals surface area contributed by atoms with E-state index in [1.54, 1.807) is 9.80 Å². The minimum Gasteiger partial charge on any atom is -0.386 e. The highest BCUT2D eigenvalue weighted by Crippen LogP contribution is 2.40. The summed E-state index contributed by atoms with van der Waals surface area (Å²) in [7, 11) is 1.38. The van der Waals surface area contributed by atoms with E-state index in [1.165, 1.54) is 32.4 Å². The van der Waals surface area contributed by atoms with E-state index in [2.05, 4.69) is 15.5 Å². The number of amides is 4. The van der Waals surface area contributed by atoms with Gasteiger partial charge in [0.25, 0.3) is 0 Å². The number of anilines is 2. The predicted octanol–water partition coefficient (Wildman–Crippen LogP) is 6.46. The Morgan fingerprint density at radius 2 is 1.59 bits per heavy atom. The summed E-state index contributed by atoms with van der Waals surface area (Å²) in [5.74, 6) is -1.24. The number of benzene rings is 2. The molecule has 4 aliphatic rings. The van der Waals surface area contributed by atoms with Crippen LogP contribution in [0.3, 0.4) is 0 Å². The highest BCUT2D eigenvalue weighted by atomic mass is 35.5. The summed E-state index contributed by atoms with van der Waals surface area (Å²) in [5, 5.41) is 5.42. The van der Waals surface area contributed by atoms with E-state index in [0.717, 1.165) is 43.2 Å². The number of likely N-dealkylation sites (tertiary alicyclic amines) is 3. The molecule has 0 bridgehead atoms. The maximum atomic E-state index is 14.1. The van der Waals surface area contributed by atoms with Gasteiger partial charge >= 0.3 is 12.2 Å². The SMILES string of the molecule is CNc1c(Cl)cc(C[C@@H](CC(=O)N2CCC(N3Cc4ccccc4NC3=O)CC2)C(=O)N2CCC(N3CCCCC3)CC2)cc1C(F)(F)F. The summed E-state index contributed by atoms with van der Waals surface area (Å²) >= 11 is 6.32. The predicted molar refractivity (Wildman–Crippen MR) is 183 cm³/mol. The number of para-hydroxylation sites is 1. The molecule has 0 radical (unpaired) electrons. The molecule has 1 atom stereocenters. The third kappa shape index (κ3) is 8.11. The molecule has 49 heavy (non-hydrogen) atoms. The highest BCUT2D eigenvalue weighted by Gasteiger charge is 2.38. The fourth-order valence-corrected chi connectivity index (χ4v) is 8.40. The van der Waals surface area contributed by atoms with E-state index in [4.69, 9.17) is 11.6 Å². The van der Waals surface area contributed by atoms with Gasteiger partial charge in [-0.05, 0) is 87.4 Å². The first-order valence-corrected chi connectivity index (χ1v) is 17.9. The number of hydrogen-bond acceptors (Lipinski definition) is 5. The first-order chi connectivity index (χ1) is 23.5. The number of alkyl halides is 3. The van der Waals surface area contributed by atoms with Gasteiger partial charge in [0.2, 0.25) is 11.8 Å². The van der Waals surface area contributed by atoms with Crippen molar-refractivity contribution in [1.29, 1.82) is 0 Å². The lowest BCUT2D eigenvalue weighted by molar-refractivity contribution is -0.143. The minimum atomic E-state index is -4.65. The van der Waals surface area contributed by atoms with Crippen LogP contribution in [-0.4, -0.2) is 95.8 Å². The zero-order chi connectivity index (χ0) is 34.7. The molecule has 4 amide bonds. The number of carbonyl (C=O) groups is 3. The number of urea groups is 1. The van der Waals surface area contributed by atoms with Crippen molar-refractivity contribution >= 4 is 40.8 Å². The molecule has 0 saturated carbocycles. The molecule has 2 aromatic carbocycles. The number of fused-ring (bicyclic) bond motifs is 1. The van der Waals surface area contributed by atoms with Crippen molar-refractivity contribution in [2.75, 3.05) is 56.9 Å². The molecule has 2 N–H and O–H groups in total. The van der Waals surface area contributed by atoms with Crippen LogP contribution in [0.1, 0.15) is 68.1 Å². The number of nitrogens with zero attached hydrogens (tertiary/aromatic N) is 4. The van der Waals surface area contributed by atoms with E-state index >= 15 is 0 Å². The standard InChI is InChI=1S/C36H46ClF3N6O3/c1-41-33-29(36(38,39)40)20-24(21-30(33)37)19-26(34(48)45-17-9-27(10-18-45)43-13-5-2-6-14-43)22-32(47)44-15-11-28(12-16-44)46-23-25-7-3-4-8-31(25)42-35(46)49/h3-4,7-8,20-21,26-28,41H,2,5-6,9-19,22-23H2,1H3,(H,42,49)/t26-/m0/s1. The number of halogens is 4. The summed E-state index contributed by atoms with van der Waals surface area (Å²) in [4.78, 5) is 48.6. The van der Waals surface area contributed by atoms with Gasteiger partial charge in [-0.2, -0.15) is 13.2 Å². The molecule has 0 aliphatic carbocycles. The van der Waals surface area contributed by atoms with E-state index in [9.17, 15) is 27.6 Å². The van der Waals surface area contributed by atoms with Gasteiger partial charge in [-0.3, -0.25) is 9.59 Å². The fraction of sp³-hybridized carbons (Fsp3) is 0.583. The Balaban J connectivity index is 1.14. The number of piperidine rings is 3. The monoisotopic (exact) mass is 702 g/mol. The smallest absolute Gasteiger partial charge is 0.386 e. The normalized spacial score (nSPS) is 20.5. The number of rotatable bonds is 8. The molecule has 0 aromatic heterocycles. The lowest BCUT2D eigenvalue weighted by Gasteiger charge is -2.41. The van der Waals surface area contributed by atoms with Crippen LogP contribution in [-0.2, 0) is 28.7 Å². The molecule has 0 spiro atoms. The quantitative estimate of drug-likeness (QED) is 0.330. The second-order valence-corrected chi connectivity index (χ2v) is 14.2. The van der Waals surface area contributed by atoms with Crippen molar-refractivity contribution < 1.29 is 27.6 Å². The number of carbonyl (C=O) groups excluding carboxylic acids is 3. The summed E-state index contributed by atoms with van der Waals surface area (Å²) < 4.78 is 42.1. The Hall–Kier alpha value is -3.51. The highest BCUT2D eigenvalue weighted by molar-refractivity contribution is 6.33. The Bertz CT molecular complexity index is 1520. The van der Waals surface area contributed by atoms with Crippen molar-refractivity contribution in [1.82, 2.24) is 19.6 Å². The summed E-state index contributed by atoms with van der Waals surface area (Å²) in [6.45, 7) is 4.63. The van der Waals surface area contributed by atoms with Crippen LogP contribution in [0, 0.1) is 5.92 Å². The van der Waals surface area contributed by atoms with Gasteiger partial charge in [0.05, 0.1) is 22.2 Å². The average molecular weight is 703 g/mol. The van der Waals surface area contributed by atoms with Crippen LogP contribution in [0.2, 0.25) is 5.02 Å². The molecule has 0 unspecified atom stereocenters. The molecule has 2 aromatic rings. The van der Waals surface area contributed by atoms with E-state index < -0.39 is 17.7 Å². The largest absolute Gasteiger partial charge is 0.418 e. The lowest BCUT2D eigenvalue weighted by atomic mass is 9.91. The average Bonchev–Trinajstić information content (AvgIpc) is 3.10. The zero-order valence-electron chi connectivity index (χ0n) is 28.0. The van der Waals surface area contributed by atoms with Crippen LogP contribution in [0.25, 0.3) is 0 Å². The molecular weight excluding hydrogens is 657 g/mol. The van der Waals surface area contributed by atoms with Crippen molar-refractivity contribution in [3.63, 3.8) is 0 Å². The van der Waals surface area contributed by atoms with E-state index in [0.29, 0.717) is 51.6 Å². The van der Waals surface area contributed by atoms with Crippen molar-refractivity contribution in [2.45, 2.75) is 82.6 Å². The van der Waals surface area contributed by atoms with Gasteiger partial charge in [0, 0.05) is 64.0 Å². The van der Waals surface area contributed by atoms with Crippen LogP contribution in [0.15, 0.2) is 36.4 Å². The molecule has 4 heterocycles. The maximum Gasteiger partial charge on any atom is 0.418 e. The molecule has 3 fully saturated rings. The minimum absolute atomic E-state index is 0.0345. The third-order valence-corrected chi connectivity index (χ3v) is 11.1. The van der Waals surface area contributed by atoms with Gasteiger partial charge in [0.1, 0.15) is 0 Å². The van der Waals surface area contributed by atoms with Crippen molar-refractivity contribution in [3.8, 4) is 0 Å². The second kappa shape index (κ2) is 15.2. The van der Waals surface area contributed by atoms with Crippen LogP contribution in [0.4, 0.5) is 29.3 Å². The molecule has 6 rings (SSSR count).